The van der Waals surface area contributed by atoms with E-state index in [9.17, 15) is 4.39 Å². The highest BCUT2D eigenvalue weighted by molar-refractivity contribution is 5.40. The van der Waals surface area contributed by atoms with E-state index in [4.69, 9.17) is 5.73 Å². The molecule has 17 heavy (non-hydrogen) atoms. The molecular weight excluding hydrogens is 213 g/mol. The second-order valence-electron chi connectivity index (χ2n) is 4.23. The molecule has 1 nitrogen and oxygen atoms in total. The molecule has 2 aromatic rings. The first-order chi connectivity index (χ1) is 8.24. The molecule has 0 unspecified atom stereocenters. The molecule has 88 valence electrons. The maximum atomic E-state index is 13.0. The molecule has 2 heteroatoms. The third kappa shape index (κ3) is 3.59. The summed E-state index contributed by atoms with van der Waals surface area (Å²) in [6.45, 7) is 0. The van der Waals surface area contributed by atoms with Crippen molar-refractivity contribution in [1.82, 2.24) is 0 Å². The Bertz CT molecular complexity index is 448. The van der Waals surface area contributed by atoms with E-state index in [1.54, 1.807) is 12.1 Å². The van der Waals surface area contributed by atoms with Gasteiger partial charge in [-0.05, 0) is 54.7 Å². The predicted octanol–water partition coefficient (Wildman–Crippen LogP) is 3.58. The molecule has 0 bridgehead atoms. The molecule has 0 spiro atoms. The van der Waals surface area contributed by atoms with Crippen molar-refractivity contribution in [3.8, 4) is 0 Å². The van der Waals surface area contributed by atoms with E-state index < -0.39 is 0 Å². The molecule has 2 aromatic carbocycles. The zero-order valence-electron chi connectivity index (χ0n) is 9.70. The van der Waals surface area contributed by atoms with E-state index in [1.165, 1.54) is 11.6 Å². The molecule has 0 atom stereocenters. The van der Waals surface area contributed by atoms with Gasteiger partial charge in [-0.1, -0.05) is 24.3 Å². The number of anilines is 1. The van der Waals surface area contributed by atoms with Crippen LogP contribution < -0.4 is 5.73 Å². The quantitative estimate of drug-likeness (QED) is 0.797. The summed E-state index contributed by atoms with van der Waals surface area (Å²) >= 11 is 0. The van der Waals surface area contributed by atoms with Crippen LogP contribution in [0.25, 0.3) is 0 Å². The molecule has 0 heterocycles. The summed E-state index contributed by atoms with van der Waals surface area (Å²) in [6.07, 6.45) is 2.88. The monoisotopic (exact) mass is 229 g/mol. The lowest BCUT2D eigenvalue weighted by atomic mass is 10.0. The summed E-state index contributed by atoms with van der Waals surface area (Å²) < 4.78 is 13.0. The lowest BCUT2D eigenvalue weighted by Crippen LogP contribution is -1.92. The number of nitrogen functional groups attached to an aromatic ring is 1. The summed E-state index contributed by atoms with van der Waals surface area (Å²) in [5.41, 5.74) is 8.80. The average Bonchev–Trinajstić information content (AvgIpc) is 2.29. The van der Waals surface area contributed by atoms with Crippen LogP contribution in [0.4, 0.5) is 10.1 Å². The van der Waals surface area contributed by atoms with Crippen molar-refractivity contribution in [2.24, 2.45) is 0 Å². The maximum absolute atomic E-state index is 13.0. The van der Waals surface area contributed by atoms with E-state index in [0.717, 1.165) is 30.5 Å². The molecule has 0 aromatic heterocycles. The Morgan fingerprint density at radius 2 is 1.53 bits per heavy atom. The van der Waals surface area contributed by atoms with Crippen molar-refractivity contribution in [3.63, 3.8) is 0 Å². The second-order valence-corrected chi connectivity index (χ2v) is 4.23. The Hall–Kier alpha value is -1.83. The van der Waals surface area contributed by atoms with Crippen molar-refractivity contribution in [3.05, 3.63) is 65.5 Å². The third-order valence-corrected chi connectivity index (χ3v) is 2.77. The number of nitrogens with two attached hydrogens (primary N) is 1. The van der Waals surface area contributed by atoms with Gasteiger partial charge in [-0.25, -0.2) is 4.39 Å². The van der Waals surface area contributed by atoms with Crippen LogP contribution in [0.5, 0.6) is 0 Å². The normalized spacial score (nSPS) is 10.4. The number of hydrogen-bond donors (Lipinski definition) is 1. The van der Waals surface area contributed by atoms with Crippen LogP contribution >= 0.6 is 0 Å². The minimum absolute atomic E-state index is 0.161. The largest absolute Gasteiger partial charge is 0.399 e. The van der Waals surface area contributed by atoms with Crippen LogP contribution in [0.1, 0.15) is 17.5 Å². The number of halogens is 1. The van der Waals surface area contributed by atoms with Gasteiger partial charge in [-0.3, -0.25) is 0 Å². The molecule has 0 amide bonds. The summed E-state index contributed by atoms with van der Waals surface area (Å²) in [5.74, 6) is -0.161. The minimum Gasteiger partial charge on any atom is -0.399 e. The molecule has 2 rings (SSSR count). The molecule has 0 radical (unpaired) electrons. The molecule has 0 saturated heterocycles. The minimum atomic E-state index is -0.161. The van der Waals surface area contributed by atoms with Crippen LogP contribution in [-0.4, -0.2) is 0 Å². The first-order valence-corrected chi connectivity index (χ1v) is 5.83. The van der Waals surface area contributed by atoms with Gasteiger partial charge in [0.1, 0.15) is 5.82 Å². The van der Waals surface area contributed by atoms with Gasteiger partial charge in [0.25, 0.3) is 0 Å². The predicted molar refractivity (Wildman–Crippen MR) is 69.3 cm³/mol. The van der Waals surface area contributed by atoms with Crippen LogP contribution in [0.15, 0.2) is 48.5 Å². The Morgan fingerprint density at radius 3 is 2.18 bits per heavy atom. The van der Waals surface area contributed by atoms with Crippen LogP contribution in [-0.2, 0) is 12.8 Å². The number of aryl methyl sites for hydroxylation is 2. The summed E-state index contributed by atoms with van der Waals surface area (Å²) in [4.78, 5) is 0. The van der Waals surface area contributed by atoms with Crippen LogP contribution in [0.2, 0.25) is 0 Å². The van der Waals surface area contributed by atoms with Crippen molar-refractivity contribution in [1.29, 1.82) is 0 Å². The summed E-state index contributed by atoms with van der Waals surface area (Å²) in [7, 11) is 0. The zero-order chi connectivity index (χ0) is 12.1. The van der Waals surface area contributed by atoms with Gasteiger partial charge in [0, 0.05) is 5.69 Å². The van der Waals surface area contributed by atoms with Crippen LogP contribution in [0, 0.1) is 5.82 Å². The highest BCUT2D eigenvalue weighted by atomic mass is 19.1. The lowest BCUT2D eigenvalue weighted by Gasteiger charge is -2.03. The fraction of sp³-hybridized carbons (Fsp3) is 0.200. The Labute approximate surface area is 101 Å². The molecule has 0 saturated carbocycles. The zero-order valence-corrected chi connectivity index (χ0v) is 9.70. The highest BCUT2D eigenvalue weighted by Crippen LogP contribution is 2.12. The van der Waals surface area contributed by atoms with E-state index in [0.29, 0.717) is 0 Å². The third-order valence-electron chi connectivity index (χ3n) is 2.77. The van der Waals surface area contributed by atoms with E-state index in [-0.39, 0.29) is 5.82 Å². The van der Waals surface area contributed by atoms with E-state index in [2.05, 4.69) is 6.07 Å². The standard InChI is InChI=1S/C15H16FN/c16-14-8-2-6-12(10-14)4-1-5-13-7-3-9-15(17)11-13/h2-3,6-11H,1,4-5,17H2. The molecule has 0 aliphatic rings. The van der Waals surface area contributed by atoms with Gasteiger partial charge in [0.05, 0.1) is 0 Å². The number of hydrogen-bond acceptors (Lipinski definition) is 1. The van der Waals surface area contributed by atoms with E-state index >= 15 is 0 Å². The highest BCUT2D eigenvalue weighted by Gasteiger charge is 1.97. The molecule has 0 aliphatic heterocycles. The lowest BCUT2D eigenvalue weighted by molar-refractivity contribution is 0.624. The van der Waals surface area contributed by atoms with Gasteiger partial charge >= 0.3 is 0 Å². The van der Waals surface area contributed by atoms with Gasteiger partial charge < -0.3 is 5.73 Å². The van der Waals surface area contributed by atoms with Gasteiger partial charge in [-0.15, -0.1) is 0 Å². The molecule has 0 aliphatic carbocycles. The Balaban J connectivity index is 1.87. The Morgan fingerprint density at radius 1 is 0.882 bits per heavy atom. The SMILES string of the molecule is Nc1cccc(CCCc2cccc(F)c2)c1. The van der Waals surface area contributed by atoms with Gasteiger partial charge in [0.15, 0.2) is 0 Å². The fourth-order valence-electron chi connectivity index (χ4n) is 1.94. The summed E-state index contributed by atoms with van der Waals surface area (Å²) in [5, 5.41) is 0. The van der Waals surface area contributed by atoms with Crippen molar-refractivity contribution in [2.45, 2.75) is 19.3 Å². The Kier molecular flexibility index (Phi) is 3.76. The number of benzene rings is 2. The first kappa shape index (κ1) is 11.6. The first-order valence-electron chi connectivity index (χ1n) is 5.83. The van der Waals surface area contributed by atoms with Crippen molar-refractivity contribution < 1.29 is 4.39 Å². The fourth-order valence-corrected chi connectivity index (χ4v) is 1.94. The summed E-state index contributed by atoms with van der Waals surface area (Å²) in [6, 6.07) is 14.7. The van der Waals surface area contributed by atoms with Gasteiger partial charge in [-0.2, -0.15) is 0 Å². The average molecular weight is 229 g/mol. The number of rotatable bonds is 4. The van der Waals surface area contributed by atoms with E-state index in [1.807, 2.05) is 24.3 Å². The van der Waals surface area contributed by atoms with Crippen molar-refractivity contribution in [2.75, 3.05) is 5.73 Å². The molecular formula is C15H16FN. The second kappa shape index (κ2) is 5.48. The topological polar surface area (TPSA) is 26.0 Å². The molecule has 2 N–H and O–H groups in total. The van der Waals surface area contributed by atoms with Crippen molar-refractivity contribution >= 4 is 5.69 Å². The van der Waals surface area contributed by atoms with Gasteiger partial charge in [0.2, 0.25) is 0 Å². The maximum Gasteiger partial charge on any atom is 0.123 e. The van der Waals surface area contributed by atoms with Crippen LogP contribution in [0.3, 0.4) is 0 Å². The smallest absolute Gasteiger partial charge is 0.123 e. The molecule has 0 fully saturated rings.